The van der Waals surface area contributed by atoms with Crippen molar-refractivity contribution in [3.63, 3.8) is 0 Å². The highest BCUT2D eigenvalue weighted by atomic mass is 35.5. The fourth-order valence-corrected chi connectivity index (χ4v) is 3.02. The van der Waals surface area contributed by atoms with Crippen LogP contribution in [0.5, 0.6) is 0 Å². The summed E-state index contributed by atoms with van der Waals surface area (Å²) in [6, 6.07) is 16.6. The molecule has 1 amide bonds. The zero-order valence-corrected chi connectivity index (χ0v) is 15.4. The fraction of sp³-hybridized carbons (Fsp3) is 0.0952. The summed E-state index contributed by atoms with van der Waals surface area (Å²) in [6.45, 7) is 0. The summed E-state index contributed by atoms with van der Waals surface area (Å²) in [5.74, 6) is -2.36. The van der Waals surface area contributed by atoms with Gasteiger partial charge in [0, 0.05) is 16.1 Å². The van der Waals surface area contributed by atoms with Gasteiger partial charge in [-0.25, -0.2) is 9.37 Å². The molecule has 2 aromatic carbocycles. The van der Waals surface area contributed by atoms with Gasteiger partial charge >= 0.3 is 5.97 Å². The predicted octanol–water partition coefficient (Wildman–Crippen LogP) is 4.49. The van der Waals surface area contributed by atoms with Gasteiger partial charge in [0.15, 0.2) is 0 Å². The number of hydrogen-bond donors (Lipinski definition) is 2. The lowest BCUT2D eigenvalue weighted by atomic mass is 10.0. The summed E-state index contributed by atoms with van der Waals surface area (Å²) >= 11 is 6.18. The number of aliphatic carboxylic acids is 1. The minimum absolute atomic E-state index is 0.0733. The number of pyridine rings is 1. The molecule has 1 heterocycles. The van der Waals surface area contributed by atoms with Crippen molar-refractivity contribution in [2.24, 2.45) is 0 Å². The number of nitrogens with zero attached hydrogens (tertiary/aromatic N) is 1. The Kier molecular flexibility index (Phi) is 6.01. The molecule has 0 aliphatic heterocycles. The number of halogens is 2. The standard InChI is InChI=1S/C21H16ClFN2O3/c22-15-8-3-1-6-13(15)17-10-5-11-18(24-17)21(28)25-19(12-20(26)27)14-7-2-4-9-16(14)23/h1-11,19H,12H2,(H,25,28)(H,26,27). The number of carboxylic acids is 1. The van der Waals surface area contributed by atoms with E-state index in [1.54, 1.807) is 42.5 Å². The number of carboxylic acid groups (broad SMARTS) is 1. The van der Waals surface area contributed by atoms with Gasteiger partial charge in [-0.3, -0.25) is 9.59 Å². The van der Waals surface area contributed by atoms with Crippen LogP contribution in [0.15, 0.2) is 66.7 Å². The van der Waals surface area contributed by atoms with Gasteiger partial charge < -0.3 is 10.4 Å². The van der Waals surface area contributed by atoms with E-state index in [2.05, 4.69) is 10.3 Å². The maximum atomic E-state index is 14.1. The predicted molar refractivity (Wildman–Crippen MR) is 104 cm³/mol. The summed E-state index contributed by atoms with van der Waals surface area (Å²) < 4.78 is 14.1. The quantitative estimate of drug-likeness (QED) is 0.641. The van der Waals surface area contributed by atoms with Gasteiger partial charge in [0.05, 0.1) is 18.2 Å². The molecule has 28 heavy (non-hydrogen) atoms. The SMILES string of the molecule is O=C(O)CC(NC(=O)c1cccc(-c2ccccc2Cl)n1)c1ccccc1F. The minimum Gasteiger partial charge on any atom is -0.481 e. The summed E-state index contributed by atoms with van der Waals surface area (Å²) in [5, 5.41) is 12.2. The molecule has 2 N–H and O–H groups in total. The van der Waals surface area contributed by atoms with Gasteiger partial charge in [-0.15, -0.1) is 0 Å². The Bertz CT molecular complexity index is 1030. The largest absolute Gasteiger partial charge is 0.481 e. The van der Waals surface area contributed by atoms with E-state index in [9.17, 15) is 14.0 Å². The topological polar surface area (TPSA) is 79.3 Å². The molecule has 142 valence electrons. The minimum atomic E-state index is -1.16. The van der Waals surface area contributed by atoms with E-state index in [1.165, 1.54) is 24.3 Å². The zero-order valence-electron chi connectivity index (χ0n) is 14.6. The number of carbonyl (C=O) groups excluding carboxylic acids is 1. The number of nitrogens with one attached hydrogen (secondary N) is 1. The lowest BCUT2D eigenvalue weighted by Crippen LogP contribution is -2.31. The number of benzene rings is 2. The second kappa shape index (κ2) is 8.63. The van der Waals surface area contributed by atoms with Crippen molar-refractivity contribution in [2.75, 3.05) is 0 Å². The lowest BCUT2D eigenvalue weighted by Gasteiger charge is -2.18. The number of hydrogen-bond acceptors (Lipinski definition) is 3. The molecule has 3 aromatic rings. The van der Waals surface area contributed by atoms with Crippen LogP contribution in [-0.2, 0) is 4.79 Å². The van der Waals surface area contributed by atoms with Crippen molar-refractivity contribution in [3.05, 3.63) is 88.8 Å². The first-order valence-corrected chi connectivity index (χ1v) is 8.82. The molecule has 0 radical (unpaired) electrons. The van der Waals surface area contributed by atoms with Crippen LogP contribution in [0.25, 0.3) is 11.3 Å². The molecule has 0 saturated carbocycles. The molecule has 0 aliphatic carbocycles. The highest BCUT2D eigenvalue weighted by Crippen LogP contribution is 2.26. The maximum absolute atomic E-state index is 14.1. The first kappa shape index (κ1) is 19.5. The molecule has 1 aromatic heterocycles. The van der Waals surface area contributed by atoms with Crippen LogP contribution in [0.2, 0.25) is 5.02 Å². The van der Waals surface area contributed by atoms with Gasteiger partial charge in [0.25, 0.3) is 5.91 Å². The van der Waals surface area contributed by atoms with E-state index in [4.69, 9.17) is 16.7 Å². The van der Waals surface area contributed by atoms with E-state index in [1.807, 2.05) is 0 Å². The third-order valence-electron chi connectivity index (χ3n) is 4.10. The van der Waals surface area contributed by atoms with Gasteiger partial charge in [-0.05, 0) is 24.3 Å². The van der Waals surface area contributed by atoms with Crippen molar-refractivity contribution in [1.82, 2.24) is 10.3 Å². The van der Waals surface area contributed by atoms with E-state index >= 15 is 0 Å². The number of rotatable bonds is 6. The number of carbonyl (C=O) groups is 2. The molecule has 5 nitrogen and oxygen atoms in total. The molecule has 1 atom stereocenters. The molecule has 0 saturated heterocycles. The molecule has 0 aliphatic rings. The van der Waals surface area contributed by atoms with E-state index in [0.717, 1.165) is 0 Å². The van der Waals surface area contributed by atoms with Crippen LogP contribution in [-0.4, -0.2) is 22.0 Å². The van der Waals surface area contributed by atoms with Crippen LogP contribution in [0, 0.1) is 5.82 Å². The lowest BCUT2D eigenvalue weighted by molar-refractivity contribution is -0.137. The molecular weight excluding hydrogens is 383 g/mol. The summed E-state index contributed by atoms with van der Waals surface area (Å²) in [4.78, 5) is 28.2. The van der Waals surface area contributed by atoms with Crippen molar-refractivity contribution in [3.8, 4) is 11.3 Å². The molecular formula is C21H16ClFN2O3. The average Bonchev–Trinajstić information content (AvgIpc) is 2.68. The summed E-state index contributed by atoms with van der Waals surface area (Å²) in [5.41, 5.74) is 1.33. The third kappa shape index (κ3) is 4.53. The third-order valence-corrected chi connectivity index (χ3v) is 4.43. The Morgan fingerprint density at radius 1 is 1.04 bits per heavy atom. The highest BCUT2D eigenvalue weighted by Gasteiger charge is 2.22. The monoisotopic (exact) mass is 398 g/mol. The first-order chi connectivity index (χ1) is 13.5. The molecule has 0 bridgehead atoms. The molecule has 1 unspecified atom stereocenters. The summed E-state index contributed by atoms with van der Waals surface area (Å²) in [7, 11) is 0. The molecule has 0 spiro atoms. The van der Waals surface area contributed by atoms with Crippen molar-refractivity contribution >= 4 is 23.5 Å². The van der Waals surface area contributed by atoms with Gasteiger partial charge in [-0.1, -0.05) is 54.1 Å². The first-order valence-electron chi connectivity index (χ1n) is 8.44. The van der Waals surface area contributed by atoms with Crippen LogP contribution in [0.1, 0.15) is 28.5 Å². The van der Waals surface area contributed by atoms with Crippen LogP contribution in [0.4, 0.5) is 4.39 Å². The molecule has 0 fully saturated rings. The van der Waals surface area contributed by atoms with Crippen molar-refractivity contribution in [1.29, 1.82) is 0 Å². The second-order valence-corrected chi connectivity index (χ2v) is 6.44. The zero-order chi connectivity index (χ0) is 20.1. The Morgan fingerprint density at radius 2 is 1.75 bits per heavy atom. The second-order valence-electron chi connectivity index (χ2n) is 6.03. The fourth-order valence-electron chi connectivity index (χ4n) is 2.78. The average molecular weight is 399 g/mol. The normalized spacial score (nSPS) is 11.6. The van der Waals surface area contributed by atoms with Crippen LogP contribution in [0.3, 0.4) is 0 Å². The number of aromatic nitrogens is 1. The maximum Gasteiger partial charge on any atom is 0.305 e. The van der Waals surface area contributed by atoms with Crippen molar-refractivity contribution in [2.45, 2.75) is 12.5 Å². The Balaban J connectivity index is 1.88. The van der Waals surface area contributed by atoms with E-state index in [-0.39, 0.29) is 11.3 Å². The van der Waals surface area contributed by atoms with E-state index < -0.39 is 30.2 Å². The highest BCUT2D eigenvalue weighted by molar-refractivity contribution is 6.33. The summed E-state index contributed by atoms with van der Waals surface area (Å²) in [6.07, 6.45) is -0.461. The smallest absolute Gasteiger partial charge is 0.305 e. The van der Waals surface area contributed by atoms with Crippen LogP contribution < -0.4 is 5.32 Å². The van der Waals surface area contributed by atoms with Gasteiger partial charge in [0.1, 0.15) is 11.5 Å². The Hall–Kier alpha value is -3.25. The molecule has 7 heteroatoms. The Morgan fingerprint density at radius 3 is 2.46 bits per heavy atom. The van der Waals surface area contributed by atoms with E-state index in [0.29, 0.717) is 16.3 Å². The van der Waals surface area contributed by atoms with Gasteiger partial charge in [-0.2, -0.15) is 0 Å². The Labute approximate surface area is 165 Å². The number of amides is 1. The molecule has 3 rings (SSSR count). The van der Waals surface area contributed by atoms with Crippen LogP contribution >= 0.6 is 11.6 Å². The van der Waals surface area contributed by atoms with Gasteiger partial charge in [0.2, 0.25) is 0 Å². The van der Waals surface area contributed by atoms with Crippen molar-refractivity contribution < 1.29 is 19.1 Å².